The number of hydrogen-bond acceptors (Lipinski definition) is 2. The van der Waals surface area contributed by atoms with Crippen LogP contribution in [0, 0.1) is 17.5 Å². The van der Waals surface area contributed by atoms with Gasteiger partial charge < -0.3 is 9.47 Å². The van der Waals surface area contributed by atoms with Crippen LogP contribution < -0.4 is 9.47 Å². The summed E-state index contributed by atoms with van der Waals surface area (Å²) < 4.78 is 116. The van der Waals surface area contributed by atoms with E-state index in [0.717, 1.165) is 18.4 Å². The van der Waals surface area contributed by atoms with Crippen LogP contribution in [0.4, 0.5) is 35.1 Å². The van der Waals surface area contributed by atoms with Crippen molar-refractivity contribution in [2.75, 3.05) is 0 Å². The monoisotopic (exact) mass is 476 g/mol. The first-order valence-electron chi connectivity index (χ1n) is 9.60. The van der Waals surface area contributed by atoms with Crippen LogP contribution in [-0.2, 0) is 12.5 Å². The van der Waals surface area contributed by atoms with Crippen molar-refractivity contribution >= 4 is 0 Å². The Kier molecular flexibility index (Phi) is 6.85. The Balaban J connectivity index is 1.86. The number of alkyl halides is 5. The third-order valence-corrected chi connectivity index (χ3v) is 4.53. The predicted molar refractivity (Wildman–Crippen MR) is 103 cm³/mol. The molecule has 0 atom stereocenters. The molecule has 0 saturated carbocycles. The molecule has 0 heterocycles. The summed E-state index contributed by atoms with van der Waals surface area (Å²) >= 11 is 0. The van der Waals surface area contributed by atoms with E-state index in [1.54, 1.807) is 24.3 Å². The number of halogens is 8. The fraction of sp³-hybridized carbons (Fsp3) is 0.217. The van der Waals surface area contributed by atoms with Crippen LogP contribution in [0.2, 0.25) is 0 Å². The van der Waals surface area contributed by atoms with Crippen molar-refractivity contribution in [1.29, 1.82) is 0 Å². The summed E-state index contributed by atoms with van der Waals surface area (Å²) in [4.78, 5) is 0. The van der Waals surface area contributed by atoms with E-state index in [-0.39, 0.29) is 11.6 Å². The molecule has 0 aliphatic heterocycles. The van der Waals surface area contributed by atoms with Crippen LogP contribution in [-0.4, -0.2) is 6.36 Å². The molecule has 0 unspecified atom stereocenters. The van der Waals surface area contributed by atoms with E-state index in [4.69, 9.17) is 0 Å². The van der Waals surface area contributed by atoms with Gasteiger partial charge in [-0.25, -0.2) is 13.2 Å². The molecular formula is C23H16F8O2. The van der Waals surface area contributed by atoms with Crippen LogP contribution in [0.25, 0.3) is 11.1 Å². The first-order chi connectivity index (χ1) is 15.4. The van der Waals surface area contributed by atoms with Crippen molar-refractivity contribution in [2.45, 2.75) is 32.2 Å². The minimum absolute atomic E-state index is 0.00675. The summed E-state index contributed by atoms with van der Waals surface area (Å²) in [5.41, 5.74) is -0.333. The predicted octanol–water partition coefficient (Wildman–Crippen LogP) is 7.75. The molecule has 0 bridgehead atoms. The average Bonchev–Trinajstić information content (AvgIpc) is 2.69. The molecule has 0 aromatic heterocycles. The van der Waals surface area contributed by atoms with Crippen molar-refractivity contribution < 1.29 is 44.6 Å². The fourth-order valence-corrected chi connectivity index (χ4v) is 3.12. The fourth-order valence-electron chi connectivity index (χ4n) is 3.12. The topological polar surface area (TPSA) is 18.5 Å². The molecule has 3 aromatic rings. The Labute approximate surface area is 183 Å². The summed E-state index contributed by atoms with van der Waals surface area (Å²) in [5, 5.41) is 0. The van der Waals surface area contributed by atoms with Crippen molar-refractivity contribution in [1.82, 2.24) is 0 Å². The van der Waals surface area contributed by atoms with Crippen molar-refractivity contribution in [3.05, 3.63) is 83.2 Å². The van der Waals surface area contributed by atoms with Gasteiger partial charge >= 0.3 is 12.5 Å². The van der Waals surface area contributed by atoms with Crippen molar-refractivity contribution in [3.63, 3.8) is 0 Å². The van der Waals surface area contributed by atoms with Gasteiger partial charge in [-0.15, -0.1) is 13.2 Å². The molecule has 0 aliphatic rings. The summed E-state index contributed by atoms with van der Waals surface area (Å²) in [5.74, 6) is -7.16. The summed E-state index contributed by atoms with van der Waals surface area (Å²) in [6.45, 7) is 1.98. The molecule has 0 aliphatic carbocycles. The van der Waals surface area contributed by atoms with E-state index in [1.807, 2.05) is 6.92 Å². The second-order valence-electron chi connectivity index (χ2n) is 7.02. The van der Waals surface area contributed by atoms with Crippen LogP contribution in [0.3, 0.4) is 0 Å². The number of ether oxygens (including phenoxy) is 2. The molecule has 0 spiro atoms. The summed E-state index contributed by atoms with van der Waals surface area (Å²) in [6.07, 6.45) is -8.11. The van der Waals surface area contributed by atoms with Gasteiger partial charge in [0.05, 0.1) is 0 Å². The molecular weight excluding hydrogens is 460 g/mol. The zero-order valence-electron chi connectivity index (χ0n) is 17.0. The van der Waals surface area contributed by atoms with Crippen LogP contribution >= 0.6 is 0 Å². The molecule has 0 fully saturated rings. The third-order valence-electron chi connectivity index (χ3n) is 4.53. The van der Waals surface area contributed by atoms with Crippen molar-refractivity contribution in [3.8, 4) is 22.6 Å². The van der Waals surface area contributed by atoms with Crippen LogP contribution in [0.5, 0.6) is 11.5 Å². The highest BCUT2D eigenvalue weighted by atomic mass is 19.4. The van der Waals surface area contributed by atoms with E-state index in [1.165, 1.54) is 0 Å². The summed E-state index contributed by atoms with van der Waals surface area (Å²) in [7, 11) is 0. The molecule has 0 saturated heterocycles. The molecule has 3 rings (SSSR count). The van der Waals surface area contributed by atoms with E-state index in [2.05, 4.69) is 9.47 Å². The lowest BCUT2D eigenvalue weighted by Gasteiger charge is -2.20. The SMILES string of the molecule is CCCc1ccc(-c2cc(F)c(C(F)(F)Oc3ccc(OC(F)(F)F)c(F)c3)c(F)c2)cc1. The lowest BCUT2D eigenvalue weighted by molar-refractivity contribution is -0.275. The first kappa shape index (κ1) is 24.3. The molecule has 33 heavy (non-hydrogen) atoms. The van der Waals surface area contributed by atoms with Gasteiger partial charge in [0.1, 0.15) is 22.9 Å². The highest BCUT2D eigenvalue weighted by Crippen LogP contribution is 2.38. The minimum atomic E-state index is -5.21. The maximum absolute atomic E-state index is 14.5. The molecule has 176 valence electrons. The van der Waals surface area contributed by atoms with Gasteiger partial charge in [-0.05, 0) is 47.4 Å². The minimum Gasteiger partial charge on any atom is -0.429 e. The molecule has 3 aromatic carbocycles. The van der Waals surface area contributed by atoms with Gasteiger partial charge in [0, 0.05) is 6.07 Å². The maximum atomic E-state index is 14.5. The van der Waals surface area contributed by atoms with Gasteiger partial charge in [-0.1, -0.05) is 37.6 Å². The van der Waals surface area contributed by atoms with E-state index >= 15 is 0 Å². The van der Waals surface area contributed by atoms with Gasteiger partial charge in [-0.2, -0.15) is 8.78 Å². The zero-order chi connectivity index (χ0) is 24.4. The van der Waals surface area contributed by atoms with Gasteiger partial charge in [0.2, 0.25) is 0 Å². The Hall–Kier alpha value is -3.30. The first-order valence-corrected chi connectivity index (χ1v) is 9.60. The van der Waals surface area contributed by atoms with E-state index < -0.39 is 47.0 Å². The Morgan fingerprint density at radius 1 is 0.697 bits per heavy atom. The quantitative estimate of drug-likeness (QED) is 0.325. The van der Waals surface area contributed by atoms with Crippen molar-refractivity contribution in [2.24, 2.45) is 0 Å². The Morgan fingerprint density at radius 3 is 1.82 bits per heavy atom. The lowest BCUT2D eigenvalue weighted by atomic mass is 10.00. The van der Waals surface area contributed by atoms with Gasteiger partial charge in [0.25, 0.3) is 0 Å². The highest BCUT2D eigenvalue weighted by molar-refractivity contribution is 5.64. The highest BCUT2D eigenvalue weighted by Gasteiger charge is 2.41. The van der Waals surface area contributed by atoms with Gasteiger partial charge in [0.15, 0.2) is 11.6 Å². The molecule has 2 nitrogen and oxygen atoms in total. The second kappa shape index (κ2) is 9.29. The van der Waals surface area contributed by atoms with E-state index in [9.17, 15) is 35.1 Å². The second-order valence-corrected chi connectivity index (χ2v) is 7.02. The number of aryl methyl sites for hydroxylation is 1. The molecule has 0 amide bonds. The normalized spacial score (nSPS) is 12.0. The van der Waals surface area contributed by atoms with E-state index in [0.29, 0.717) is 29.8 Å². The third kappa shape index (κ3) is 5.94. The largest absolute Gasteiger partial charge is 0.573 e. The molecule has 0 radical (unpaired) electrons. The number of benzene rings is 3. The van der Waals surface area contributed by atoms with Gasteiger partial charge in [-0.3, -0.25) is 0 Å². The zero-order valence-corrected chi connectivity index (χ0v) is 17.0. The Bertz CT molecular complexity index is 1100. The van der Waals surface area contributed by atoms with Crippen LogP contribution in [0.1, 0.15) is 24.5 Å². The van der Waals surface area contributed by atoms with Crippen LogP contribution in [0.15, 0.2) is 54.6 Å². The number of rotatable bonds is 7. The smallest absolute Gasteiger partial charge is 0.429 e. The average molecular weight is 476 g/mol. The molecule has 10 heteroatoms. The maximum Gasteiger partial charge on any atom is 0.573 e. The standard InChI is InChI=1S/C23H16F8O2/c1-2-3-13-4-6-14(7-5-13)15-10-18(25)21(19(26)11-15)22(27,28)32-16-8-9-20(17(24)12-16)33-23(29,30)31/h4-12H,2-3H2,1H3. The molecule has 0 N–H and O–H groups in total. The lowest BCUT2D eigenvalue weighted by Crippen LogP contribution is -2.25. The summed E-state index contributed by atoms with van der Waals surface area (Å²) in [6, 6.07) is 9.21. The number of hydrogen-bond donors (Lipinski definition) is 0. The Morgan fingerprint density at radius 2 is 1.30 bits per heavy atom.